The second-order valence-corrected chi connectivity index (χ2v) is 6.61. The summed E-state index contributed by atoms with van der Waals surface area (Å²) in [4.78, 5) is 0. The average Bonchev–Trinajstić information content (AvgIpc) is 2.14. The van der Waals surface area contributed by atoms with Crippen molar-refractivity contribution < 1.29 is 0 Å². The van der Waals surface area contributed by atoms with Crippen molar-refractivity contribution in [2.45, 2.75) is 46.1 Å². The highest BCUT2D eigenvalue weighted by molar-refractivity contribution is 9.10. The van der Waals surface area contributed by atoms with Crippen LogP contribution in [0.3, 0.4) is 0 Å². The predicted molar refractivity (Wildman–Crippen MR) is 74.5 cm³/mol. The fourth-order valence-electron chi connectivity index (χ4n) is 1.69. The van der Waals surface area contributed by atoms with Crippen LogP contribution < -0.4 is 5.73 Å². The van der Waals surface area contributed by atoms with Crippen molar-refractivity contribution in [3.63, 3.8) is 0 Å². The van der Waals surface area contributed by atoms with Gasteiger partial charge in [0.15, 0.2) is 0 Å². The number of halogens is 1. The van der Waals surface area contributed by atoms with E-state index in [1.807, 2.05) is 6.07 Å². The quantitative estimate of drug-likeness (QED) is 0.883. The molecule has 1 aromatic carbocycles. The van der Waals surface area contributed by atoms with Gasteiger partial charge in [0.05, 0.1) is 0 Å². The molecule has 0 saturated carbocycles. The van der Waals surface area contributed by atoms with E-state index in [2.05, 4.69) is 54.9 Å². The zero-order valence-electron chi connectivity index (χ0n) is 10.5. The highest BCUT2D eigenvalue weighted by Gasteiger charge is 2.13. The summed E-state index contributed by atoms with van der Waals surface area (Å²) in [6, 6.07) is 8.67. The lowest BCUT2D eigenvalue weighted by Crippen LogP contribution is -2.24. The average molecular weight is 284 g/mol. The number of hydrogen-bond donors (Lipinski definition) is 1. The molecule has 0 heterocycles. The highest BCUT2D eigenvalue weighted by atomic mass is 79.9. The van der Waals surface area contributed by atoms with Crippen molar-refractivity contribution in [2.75, 3.05) is 0 Å². The molecule has 1 atom stereocenters. The van der Waals surface area contributed by atoms with Crippen LogP contribution in [0.2, 0.25) is 0 Å². The third-order valence-corrected chi connectivity index (χ3v) is 3.15. The van der Waals surface area contributed by atoms with Gasteiger partial charge in [-0.2, -0.15) is 0 Å². The Hall–Kier alpha value is -0.340. The first-order valence-electron chi connectivity index (χ1n) is 5.87. The van der Waals surface area contributed by atoms with Gasteiger partial charge in [-0.1, -0.05) is 48.8 Å². The van der Waals surface area contributed by atoms with E-state index in [0.717, 1.165) is 17.3 Å². The molecule has 0 aliphatic carbocycles. The maximum absolute atomic E-state index is 6.15. The molecular weight excluding hydrogens is 262 g/mol. The van der Waals surface area contributed by atoms with Crippen LogP contribution in [-0.2, 0) is 6.42 Å². The van der Waals surface area contributed by atoms with E-state index >= 15 is 0 Å². The molecule has 90 valence electrons. The molecule has 2 N–H and O–H groups in total. The van der Waals surface area contributed by atoms with Gasteiger partial charge in [0, 0.05) is 10.5 Å². The maximum Gasteiger partial charge on any atom is 0.0178 e. The molecular formula is C14H22BrN. The first kappa shape index (κ1) is 13.7. The molecule has 0 radical (unpaired) electrons. The van der Waals surface area contributed by atoms with E-state index in [1.54, 1.807) is 0 Å². The molecule has 0 bridgehead atoms. The lowest BCUT2D eigenvalue weighted by atomic mass is 9.87. The molecule has 0 fully saturated rings. The monoisotopic (exact) mass is 283 g/mol. The summed E-state index contributed by atoms with van der Waals surface area (Å²) in [6.45, 7) is 6.79. The van der Waals surface area contributed by atoms with Crippen LogP contribution in [0.1, 0.15) is 39.2 Å². The molecule has 1 unspecified atom stereocenters. The van der Waals surface area contributed by atoms with Gasteiger partial charge in [-0.15, -0.1) is 0 Å². The van der Waals surface area contributed by atoms with E-state index in [9.17, 15) is 0 Å². The van der Waals surface area contributed by atoms with Crippen LogP contribution in [0.15, 0.2) is 28.7 Å². The van der Waals surface area contributed by atoms with Crippen LogP contribution in [0, 0.1) is 5.41 Å². The molecule has 0 aliphatic rings. The first-order chi connectivity index (χ1) is 7.37. The zero-order valence-corrected chi connectivity index (χ0v) is 12.0. The Bertz CT molecular complexity index is 328. The van der Waals surface area contributed by atoms with Gasteiger partial charge in [0.2, 0.25) is 0 Å². The molecule has 2 heteroatoms. The lowest BCUT2D eigenvalue weighted by molar-refractivity contribution is 0.347. The standard InChI is InChI=1S/C14H22BrN/c1-14(2,3)8-7-13(16)10-11-5-4-6-12(15)9-11/h4-6,9,13H,7-8,10,16H2,1-3H3. The number of nitrogens with two attached hydrogens (primary N) is 1. The summed E-state index contributed by atoms with van der Waals surface area (Å²) in [7, 11) is 0. The summed E-state index contributed by atoms with van der Waals surface area (Å²) in [5.74, 6) is 0. The Balaban J connectivity index is 2.43. The summed E-state index contributed by atoms with van der Waals surface area (Å²) in [5, 5.41) is 0. The fraction of sp³-hybridized carbons (Fsp3) is 0.571. The third kappa shape index (κ3) is 5.66. The van der Waals surface area contributed by atoms with E-state index in [0.29, 0.717) is 5.41 Å². The molecule has 1 nitrogen and oxygen atoms in total. The lowest BCUT2D eigenvalue weighted by Gasteiger charge is -2.20. The number of benzene rings is 1. The Labute approximate surface area is 108 Å². The SMILES string of the molecule is CC(C)(C)CCC(N)Cc1cccc(Br)c1. The van der Waals surface area contributed by atoms with E-state index < -0.39 is 0 Å². The smallest absolute Gasteiger partial charge is 0.0178 e. The summed E-state index contributed by atoms with van der Waals surface area (Å²) in [5.41, 5.74) is 7.85. The third-order valence-electron chi connectivity index (χ3n) is 2.65. The molecule has 1 rings (SSSR count). The second kappa shape index (κ2) is 5.83. The van der Waals surface area contributed by atoms with Gasteiger partial charge in [-0.25, -0.2) is 0 Å². The number of rotatable bonds is 4. The fourth-order valence-corrected chi connectivity index (χ4v) is 2.13. The highest BCUT2D eigenvalue weighted by Crippen LogP contribution is 2.22. The van der Waals surface area contributed by atoms with Gasteiger partial charge in [0.25, 0.3) is 0 Å². The Morgan fingerprint density at radius 1 is 1.31 bits per heavy atom. The van der Waals surface area contributed by atoms with Crippen LogP contribution in [0.25, 0.3) is 0 Å². The Morgan fingerprint density at radius 3 is 2.56 bits per heavy atom. The molecule has 0 aromatic heterocycles. The molecule has 1 aromatic rings. The number of hydrogen-bond acceptors (Lipinski definition) is 1. The van der Waals surface area contributed by atoms with Crippen molar-refractivity contribution in [3.8, 4) is 0 Å². The minimum atomic E-state index is 0.272. The molecule has 0 spiro atoms. The van der Waals surface area contributed by atoms with Crippen LogP contribution in [-0.4, -0.2) is 6.04 Å². The van der Waals surface area contributed by atoms with Crippen molar-refractivity contribution in [1.29, 1.82) is 0 Å². The van der Waals surface area contributed by atoms with E-state index in [1.165, 1.54) is 12.0 Å². The summed E-state index contributed by atoms with van der Waals surface area (Å²) < 4.78 is 1.13. The topological polar surface area (TPSA) is 26.0 Å². The van der Waals surface area contributed by atoms with Crippen molar-refractivity contribution >= 4 is 15.9 Å². The van der Waals surface area contributed by atoms with Crippen LogP contribution >= 0.6 is 15.9 Å². The second-order valence-electron chi connectivity index (χ2n) is 5.69. The van der Waals surface area contributed by atoms with Crippen molar-refractivity contribution in [3.05, 3.63) is 34.3 Å². The largest absolute Gasteiger partial charge is 0.327 e. The maximum atomic E-state index is 6.15. The van der Waals surface area contributed by atoms with Gasteiger partial charge in [-0.05, 0) is 42.4 Å². The minimum absolute atomic E-state index is 0.272. The molecule has 0 aliphatic heterocycles. The first-order valence-corrected chi connectivity index (χ1v) is 6.66. The Kier molecular flexibility index (Phi) is 5.00. The van der Waals surface area contributed by atoms with Crippen LogP contribution in [0.5, 0.6) is 0 Å². The predicted octanol–water partition coefficient (Wildman–Crippen LogP) is 4.15. The van der Waals surface area contributed by atoms with Crippen molar-refractivity contribution in [1.82, 2.24) is 0 Å². The van der Waals surface area contributed by atoms with Gasteiger partial charge in [0.1, 0.15) is 0 Å². The molecule has 16 heavy (non-hydrogen) atoms. The van der Waals surface area contributed by atoms with Gasteiger partial charge in [-0.3, -0.25) is 0 Å². The zero-order chi connectivity index (χ0) is 12.2. The van der Waals surface area contributed by atoms with Crippen molar-refractivity contribution in [2.24, 2.45) is 11.1 Å². The summed E-state index contributed by atoms with van der Waals surface area (Å²) in [6.07, 6.45) is 3.24. The van der Waals surface area contributed by atoms with Crippen LogP contribution in [0.4, 0.5) is 0 Å². The van der Waals surface area contributed by atoms with E-state index in [4.69, 9.17) is 5.73 Å². The molecule has 0 amide bonds. The van der Waals surface area contributed by atoms with Gasteiger partial charge >= 0.3 is 0 Å². The minimum Gasteiger partial charge on any atom is -0.327 e. The van der Waals surface area contributed by atoms with Gasteiger partial charge < -0.3 is 5.73 Å². The Morgan fingerprint density at radius 2 is 2.00 bits per heavy atom. The molecule has 0 saturated heterocycles. The normalized spacial score (nSPS) is 13.8. The summed E-state index contributed by atoms with van der Waals surface area (Å²) >= 11 is 3.48. The van der Waals surface area contributed by atoms with E-state index in [-0.39, 0.29) is 6.04 Å².